The van der Waals surface area contributed by atoms with Crippen molar-refractivity contribution in [2.45, 2.75) is 104 Å². The fourth-order valence-corrected chi connectivity index (χ4v) is 9.67. The van der Waals surface area contributed by atoms with Gasteiger partial charge < -0.3 is 19.1 Å². The summed E-state index contributed by atoms with van der Waals surface area (Å²) in [4.78, 5) is 55.1. The van der Waals surface area contributed by atoms with Crippen LogP contribution in [0.25, 0.3) is 21.5 Å². The van der Waals surface area contributed by atoms with Crippen LogP contribution >= 0.6 is 22.7 Å². The van der Waals surface area contributed by atoms with Crippen molar-refractivity contribution in [2.75, 3.05) is 30.5 Å². The highest BCUT2D eigenvalue weighted by molar-refractivity contribution is 7.22. The highest BCUT2D eigenvalue weighted by atomic mass is 32.1. The molecule has 1 aliphatic rings. The van der Waals surface area contributed by atoms with E-state index in [0.29, 0.717) is 71.8 Å². The molecule has 11 nitrogen and oxygen atoms in total. The van der Waals surface area contributed by atoms with Crippen molar-refractivity contribution in [1.82, 2.24) is 15.0 Å². The number of pyridine rings is 1. The number of fused-ring (bicyclic) bond motifs is 2. The Labute approximate surface area is 376 Å². The lowest BCUT2D eigenvalue weighted by Crippen LogP contribution is -2.32. The summed E-state index contributed by atoms with van der Waals surface area (Å²) in [6, 6.07) is 20.7. The molecule has 0 radical (unpaired) electrons. The average Bonchev–Trinajstić information content (AvgIpc) is 3.88. The molecule has 7 rings (SSSR count). The molecule has 63 heavy (non-hydrogen) atoms. The Balaban J connectivity index is 0.903. The van der Waals surface area contributed by atoms with E-state index in [1.54, 1.807) is 12.3 Å². The number of thiazole rings is 2. The molecule has 6 aromatic rings. The van der Waals surface area contributed by atoms with Crippen LogP contribution in [0, 0.1) is 12.7 Å². The van der Waals surface area contributed by atoms with Gasteiger partial charge in [0.2, 0.25) is 0 Å². The first-order valence-electron chi connectivity index (χ1n) is 21.6. The number of aryl methyl sites for hydroxylation is 3. The Kier molecular flexibility index (Phi) is 14.8. The van der Waals surface area contributed by atoms with E-state index >= 15 is 4.39 Å². The minimum atomic E-state index is -0.495. The number of rotatable bonds is 18. The summed E-state index contributed by atoms with van der Waals surface area (Å²) in [5.74, 6) is -0.556. The van der Waals surface area contributed by atoms with Gasteiger partial charge >= 0.3 is 11.9 Å². The van der Waals surface area contributed by atoms with Crippen LogP contribution in [0.3, 0.4) is 0 Å². The first-order valence-corrected chi connectivity index (χ1v) is 23.2. The third-order valence-electron chi connectivity index (χ3n) is 10.8. The Hall–Kier alpha value is -5.73. The summed E-state index contributed by atoms with van der Waals surface area (Å²) >= 11 is 2.90. The third kappa shape index (κ3) is 11.8. The fourth-order valence-electron chi connectivity index (χ4n) is 7.70. The van der Waals surface area contributed by atoms with Gasteiger partial charge in [0.1, 0.15) is 22.9 Å². The van der Waals surface area contributed by atoms with Gasteiger partial charge in [0.05, 0.1) is 23.9 Å². The largest absolute Gasteiger partial charge is 0.494 e. The fraction of sp³-hybridized carbons (Fsp3) is 0.388. The topological polar surface area (TPSA) is 133 Å². The predicted octanol–water partition coefficient (Wildman–Crippen LogP) is 11.1. The van der Waals surface area contributed by atoms with Gasteiger partial charge in [-0.15, -0.1) is 11.3 Å². The Morgan fingerprint density at radius 2 is 1.71 bits per heavy atom. The molecule has 1 aliphatic heterocycles. The molecule has 0 aliphatic carbocycles. The molecule has 14 heteroatoms. The number of carbonyl (C=O) groups is 3. The van der Waals surface area contributed by atoms with Gasteiger partial charge in [-0.2, -0.15) is 0 Å². The minimum absolute atomic E-state index is 0.153. The smallest absolute Gasteiger partial charge is 0.357 e. The average molecular weight is 892 g/mol. The van der Waals surface area contributed by atoms with Crippen LogP contribution < -0.4 is 15.0 Å². The number of halogens is 1. The number of aromatic nitrogens is 3. The van der Waals surface area contributed by atoms with Gasteiger partial charge in [0.15, 0.2) is 16.0 Å². The first-order chi connectivity index (χ1) is 30.3. The van der Waals surface area contributed by atoms with E-state index in [1.165, 1.54) is 29.8 Å². The number of nitrogens with one attached hydrogen (secondary N) is 1. The van der Waals surface area contributed by atoms with Crippen molar-refractivity contribution >= 4 is 61.0 Å². The lowest BCUT2D eigenvalue weighted by molar-refractivity contribution is -0.154. The molecule has 0 bridgehead atoms. The summed E-state index contributed by atoms with van der Waals surface area (Å²) in [5.41, 5.74) is 6.03. The van der Waals surface area contributed by atoms with Gasteiger partial charge in [-0.25, -0.2) is 19.2 Å². The lowest BCUT2D eigenvalue weighted by Gasteiger charge is -2.29. The number of amides is 1. The van der Waals surface area contributed by atoms with E-state index in [1.807, 2.05) is 82.3 Å². The van der Waals surface area contributed by atoms with Crippen molar-refractivity contribution in [3.05, 3.63) is 117 Å². The summed E-state index contributed by atoms with van der Waals surface area (Å²) < 4.78 is 33.0. The SMILES string of the molecule is COC(=O)c1nc(N2CCc3cccc(C(=O)Nc4nc5ccccc5s4)c3C2)sc1CCCOc1ccc(-c2ncc(CCCCCCCC(=O)OC(C)(C)C)cc2F)c(C)c1. The lowest BCUT2D eigenvalue weighted by atomic mass is 9.94. The second-order valence-corrected chi connectivity index (χ2v) is 18.9. The zero-order valence-electron chi connectivity index (χ0n) is 36.6. The molecule has 0 saturated heterocycles. The molecule has 0 unspecified atom stereocenters. The number of unbranched alkanes of at least 4 members (excludes halogenated alkanes) is 4. The van der Waals surface area contributed by atoms with E-state index in [-0.39, 0.29) is 23.4 Å². The summed E-state index contributed by atoms with van der Waals surface area (Å²) in [6.45, 7) is 9.09. The van der Waals surface area contributed by atoms with Crippen molar-refractivity contribution in [1.29, 1.82) is 0 Å². The van der Waals surface area contributed by atoms with Crippen LogP contribution in [0.4, 0.5) is 14.7 Å². The number of anilines is 2. The summed E-state index contributed by atoms with van der Waals surface area (Å²) in [5, 5.41) is 4.25. The van der Waals surface area contributed by atoms with Crippen molar-refractivity contribution in [3.63, 3.8) is 0 Å². The summed E-state index contributed by atoms with van der Waals surface area (Å²) in [6.07, 6.45) is 9.54. The van der Waals surface area contributed by atoms with Gasteiger partial charge in [0.25, 0.3) is 5.91 Å². The zero-order valence-corrected chi connectivity index (χ0v) is 38.2. The van der Waals surface area contributed by atoms with E-state index in [4.69, 9.17) is 19.2 Å². The summed E-state index contributed by atoms with van der Waals surface area (Å²) in [7, 11) is 1.35. The van der Waals surface area contributed by atoms with Crippen molar-refractivity contribution < 1.29 is 33.0 Å². The molecule has 3 aromatic heterocycles. The molecule has 3 aromatic carbocycles. The number of ether oxygens (including phenoxy) is 3. The normalized spacial score (nSPS) is 12.6. The molecule has 1 N–H and O–H groups in total. The van der Waals surface area contributed by atoms with Crippen LogP contribution in [0.1, 0.15) is 114 Å². The third-order valence-corrected chi connectivity index (χ3v) is 12.9. The number of hydrogen-bond donors (Lipinski definition) is 1. The molecular formula is C49H54FN5O6S2. The highest BCUT2D eigenvalue weighted by Gasteiger charge is 2.27. The predicted molar refractivity (Wildman–Crippen MR) is 248 cm³/mol. The Morgan fingerprint density at radius 1 is 0.905 bits per heavy atom. The minimum Gasteiger partial charge on any atom is -0.494 e. The molecule has 1 amide bonds. The molecule has 330 valence electrons. The molecule has 4 heterocycles. The zero-order chi connectivity index (χ0) is 44.5. The number of methoxy groups -OCH3 is 1. The maximum Gasteiger partial charge on any atom is 0.357 e. The number of nitrogens with zero attached hydrogens (tertiary/aromatic N) is 4. The monoisotopic (exact) mass is 891 g/mol. The van der Waals surface area contributed by atoms with Crippen LogP contribution in [-0.4, -0.2) is 58.7 Å². The second-order valence-electron chi connectivity index (χ2n) is 16.8. The van der Waals surface area contributed by atoms with Crippen molar-refractivity contribution in [2.24, 2.45) is 0 Å². The Morgan fingerprint density at radius 3 is 2.49 bits per heavy atom. The van der Waals surface area contributed by atoms with Crippen molar-refractivity contribution in [3.8, 4) is 17.0 Å². The maximum atomic E-state index is 15.4. The second kappa shape index (κ2) is 20.6. The van der Waals surface area contributed by atoms with Gasteiger partial charge in [-0.3, -0.25) is 19.9 Å². The molecule has 0 spiro atoms. The molecule has 0 fully saturated rings. The van der Waals surface area contributed by atoms with Crippen LogP contribution in [0.2, 0.25) is 0 Å². The van der Waals surface area contributed by atoms with Gasteiger partial charge in [-0.1, -0.05) is 54.9 Å². The number of para-hydroxylation sites is 1. The van der Waals surface area contributed by atoms with Crippen LogP contribution in [-0.2, 0) is 40.1 Å². The number of carbonyl (C=O) groups excluding carboxylic acids is 3. The van der Waals surface area contributed by atoms with Gasteiger partial charge in [-0.05, 0) is 131 Å². The van der Waals surface area contributed by atoms with E-state index in [2.05, 4.69) is 26.3 Å². The highest BCUT2D eigenvalue weighted by Crippen LogP contribution is 2.34. The van der Waals surface area contributed by atoms with E-state index in [9.17, 15) is 14.4 Å². The van der Waals surface area contributed by atoms with E-state index < -0.39 is 11.6 Å². The van der Waals surface area contributed by atoms with Gasteiger partial charge in [0, 0.05) is 41.7 Å². The molecule has 0 atom stereocenters. The molecular weight excluding hydrogens is 838 g/mol. The first kappa shape index (κ1) is 45.3. The standard InChI is InChI=1S/C49H54FN5O6S2/c1-31-27-34(22-23-35(31)43-38(50)28-32(29-51-43)15-9-7-6-8-10-21-42(56)61-49(2,3)4)60-26-14-20-41-44(46(58)59-5)53-48(63-41)55-25-24-33-16-13-17-36(37(33)30-55)45(57)54-47-52-39-18-11-12-19-40(39)62-47/h11-13,16-19,22-23,27-29H,6-10,14-15,20-21,24-26,30H2,1-5H3,(H,52,54,57). The number of benzene rings is 3. The van der Waals surface area contributed by atoms with E-state index in [0.717, 1.165) is 82.3 Å². The van der Waals surface area contributed by atoms with Crippen LogP contribution in [0.5, 0.6) is 5.75 Å². The van der Waals surface area contributed by atoms with Crippen LogP contribution in [0.15, 0.2) is 72.9 Å². The Bertz CT molecular complexity index is 2550. The number of hydrogen-bond acceptors (Lipinski definition) is 12. The quantitative estimate of drug-likeness (QED) is 0.0657. The maximum absolute atomic E-state index is 15.4. The number of esters is 2. The molecule has 0 saturated carbocycles.